The molecule has 0 bridgehead atoms. The summed E-state index contributed by atoms with van der Waals surface area (Å²) in [5, 5.41) is 8.32. The highest BCUT2D eigenvalue weighted by molar-refractivity contribution is 7.09. The summed E-state index contributed by atoms with van der Waals surface area (Å²) >= 11 is 1.71. The Hall–Kier alpha value is -1.96. The largest absolute Gasteiger partial charge is 0.357 e. The molecule has 0 spiro atoms. The third-order valence-electron chi connectivity index (χ3n) is 2.93. The molecule has 2 heterocycles. The molecule has 120 valence electrons. The SMILES string of the molecule is CCNC(=NCc1nccn1C(F)F)NCCc1cccs1. The molecule has 22 heavy (non-hydrogen) atoms. The number of aliphatic imine (C=N–C) groups is 1. The first-order valence-electron chi connectivity index (χ1n) is 7.05. The average molecular weight is 327 g/mol. The Morgan fingerprint density at radius 3 is 3.00 bits per heavy atom. The molecular formula is C14H19F2N5S. The van der Waals surface area contributed by atoms with Crippen LogP contribution in [0.3, 0.4) is 0 Å². The van der Waals surface area contributed by atoms with Crippen LogP contribution in [0.2, 0.25) is 0 Å². The van der Waals surface area contributed by atoms with E-state index >= 15 is 0 Å². The van der Waals surface area contributed by atoms with Crippen molar-refractivity contribution in [3.05, 3.63) is 40.6 Å². The molecule has 0 aliphatic rings. The van der Waals surface area contributed by atoms with Crippen molar-refractivity contribution in [1.82, 2.24) is 20.2 Å². The number of thiophene rings is 1. The molecule has 2 aromatic rings. The summed E-state index contributed by atoms with van der Waals surface area (Å²) in [5.74, 6) is 0.841. The molecule has 2 N–H and O–H groups in total. The van der Waals surface area contributed by atoms with Crippen molar-refractivity contribution in [2.45, 2.75) is 26.4 Å². The maximum absolute atomic E-state index is 12.7. The van der Waals surface area contributed by atoms with E-state index in [1.807, 2.05) is 18.4 Å². The maximum Gasteiger partial charge on any atom is 0.319 e. The molecule has 0 unspecified atom stereocenters. The molecule has 5 nitrogen and oxygen atoms in total. The molecule has 0 aliphatic heterocycles. The molecule has 0 atom stereocenters. The number of nitrogens with zero attached hydrogens (tertiary/aromatic N) is 3. The van der Waals surface area contributed by atoms with E-state index in [1.54, 1.807) is 11.3 Å². The third kappa shape index (κ3) is 4.80. The number of hydrogen-bond donors (Lipinski definition) is 2. The quantitative estimate of drug-likeness (QED) is 0.607. The van der Waals surface area contributed by atoms with Crippen LogP contribution < -0.4 is 10.6 Å². The molecule has 0 fully saturated rings. The Bertz CT molecular complexity index is 580. The predicted octanol–water partition coefficient (Wildman–Crippen LogP) is 2.64. The second kappa shape index (κ2) is 8.47. The number of halogens is 2. The second-order valence-electron chi connectivity index (χ2n) is 4.48. The van der Waals surface area contributed by atoms with E-state index < -0.39 is 6.55 Å². The van der Waals surface area contributed by atoms with Crippen LogP contribution in [0.1, 0.15) is 24.2 Å². The minimum absolute atomic E-state index is 0.103. The van der Waals surface area contributed by atoms with Crippen molar-refractivity contribution in [2.75, 3.05) is 13.1 Å². The molecule has 2 aromatic heterocycles. The van der Waals surface area contributed by atoms with Crippen LogP contribution in [-0.4, -0.2) is 28.6 Å². The van der Waals surface area contributed by atoms with Crippen molar-refractivity contribution in [3.63, 3.8) is 0 Å². The van der Waals surface area contributed by atoms with E-state index in [9.17, 15) is 8.78 Å². The van der Waals surface area contributed by atoms with Gasteiger partial charge in [0.2, 0.25) is 0 Å². The Kier molecular flexibility index (Phi) is 6.32. The molecule has 0 radical (unpaired) electrons. The van der Waals surface area contributed by atoms with Crippen LogP contribution in [0.4, 0.5) is 8.78 Å². The number of rotatable bonds is 7. The van der Waals surface area contributed by atoms with Gasteiger partial charge in [-0.15, -0.1) is 11.3 Å². The highest BCUT2D eigenvalue weighted by Crippen LogP contribution is 2.12. The molecule has 0 aromatic carbocycles. The van der Waals surface area contributed by atoms with Crippen LogP contribution in [0.15, 0.2) is 34.9 Å². The van der Waals surface area contributed by atoms with E-state index in [-0.39, 0.29) is 12.4 Å². The number of guanidine groups is 1. The molecule has 0 saturated heterocycles. The smallest absolute Gasteiger partial charge is 0.319 e. The first kappa shape index (κ1) is 16.4. The summed E-state index contributed by atoms with van der Waals surface area (Å²) in [6.07, 6.45) is 3.51. The van der Waals surface area contributed by atoms with Gasteiger partial charge in [-0.25, -0.2) is 9.98 Å². The van der Waals surface area contributed by atoms with Crippen LogP contribution in [0.25, 0.3) is 0 Å². The zero-order valence-corrected chi connectivity index (χ0v) is 13.1. The summed E-state index contributed by atoms with van der Waals surface area (Å²) < 4.78 is 26.3. The fourth-order valence-corrected chi connectivity index (χ4v) is 2.60. The summed E-state index contributed by atoms with van der Waals surface area (Å²) in [5.41, 5.74) is 0. The topological polar surface area (TPSA) is 54.2 Å². The maximum atomic E-state index is 12.7. The molecule has 0 amide bonds. The Labute approximate surface area is 132 Å². The van der Waals surface area contributed by atoms with Crippen molar-refractivity contribution < 1.29 is 8.78 Å². The summed E-state index contributed by atoms with van der Waals surface area (Å²) in [7, 11) is 0. The minimum Gasteiger partial charge on any atom is -0.357 e. The van der Waals surface area contributed by atoms with Gasteiger partial charge in [0, 0.05) is 30.4 Å². The van der Waals surface area contributed by atoms with Gasteiger partial charge in [-0.1, -0.05) is 6.07 Å². The minimum atomic E-state index is -2.60. The Balaban J connectivity index is 1.90. The molecule has 8 heteroatoms. The van der Waals surface area contributed by atoms with Crippen LogP contribution in [0.5, 0.6) is 0 Å². The van der Waals surface area contributed by atoms with Gasteiger partial charge in [0.25, 0.3) is 0 Å². The van der Waals surface area contributed by atoms with Gasteiger partial charge in [0.1, 0.15) is 12.4 Å². The monoisotopic (exact) mass is 327 g/mol. The van der Waals surface area contributed by atoms with E-state index in [1.165, 1.54) is 17.3 Å². The van der Waals surface area contributed by atoms with E-state index in [4.69, 9.17) is 0 Å². The highest BCUT2D eigenvalue weighted by Gasteiger charge is 2.10. The van der Waals surface area contributed by atoms with Gasteiger partial charge in [-0.3, -0.25) is 4.57 Å². The molecule has 0 aliphatic carbocycles. The van der Waals surface area contributed by atoms with Gasteiger partial charge >= 0.3 is 6.55 Å². The van der Waals surface area contributed by atoms with E-state index in [2.05, 4.69) is 26.7 Å². The van der Waals surface area contributed by atoms with Crippen molar-refractivity contribution >= 4 is 17.3 Å². The lowest BCUT2D eigenvalue weighted by atomic mass is 10.3. The summed E-state index contributed by atoms with van der Waals surface area (Å²) in [4.78, 5) is 9.50. The van der Waals surface area contributed by atoms with Gasteiger partial charge < -0.3 is 10.6 Å². The van der Waals surface area contributed by atoms with Gasteiger partial charge in [-0.05, 0) is 24.8 Å². The highest BCUT2D eigenvalue weighted by atomic mass is 32.1. The van der Waals surface area contributed by atoms with Gasteiger partial charge in [0.15, 0.2) is 5.96 Å². The van der Waals surface area contributed by atoms with E-state index in [0.717, 1.165) is 17.5 Å². The Morgan fingerprint density at radius 2 is 2.32 bits per heavy atom. The number of imidazole rings is 1. The lowest BCUT2D eigenvalue weighted by Crippen LogP contribution is -2.38. The predicted molar refractivity (Wildman–Crippen MR) is 84.3 cm³/mol. The van der Waals surface area contributed by atoms with Crippen LogP contribution in [-0.2, 0) is 13.0 Å². The van der Waals surface area contributed by atoms with Crippen LogP contribution >= 0.6 is 11.3 Å². The third-order valence-corrected chi connectivity index (χ3v) is 3.86. The van der Waals surface area contributed by atoms with Crippen molar-refractivity contribution in [1.29, 1.82) is 0 Å². The Morgan fingerprint density at radius 1 is 1.45 bits per heavy atom. The van der Waals surface area contributed by atoms with Crippen LogP contribution in [0, 0.1) is 0 Å². The fraction of sp³-hybridized carbons (Fsp3) is 0.429. The number of aromatic nitrogens is 2. The number of nitrogens with one attached hydrogen (secondary N) is 2. The fourth-order valence-electron chi connectivity index (χ4n) is 1.89. The first-order valence-corrected chi connectivity index (χ1v) is 7.93. The van der Waals surface area contributed by atoms with Crippen molar-refractivity contribution in [3.8, 4) is 0 Å². The lowest BCUT2D eigenvalue weighted by Gasteiger charge is -2.11. The van der Waals surface area contributed by atoms with E-state index in [0.29, 0.717) is 12.5 Å². The number of hydrogen-bond acceptors (Lipinski definition) is 3. The lowest BCUT2D eigenvalue weighted by molar-refractivity contribution is 0.0671. The van der Waals surface area contributed by atoms with Gasteiger partial charge in [0.05, 0.1) is 0 Å². The number of alkyl halides is 2. The second-order valence-corrected chi connectivity index (χ2v) is 5.51. The zero-order chi connectivity index (χ0) is 15.8. The summed E-state index contributed by atoms with van der Waals surface area (Å²) in [6.45, 7) is 0.897. The van der Waals surface area contributed by atoms with Gasteiger partial charge in [-0.2, -0.15) is 8.78 Å². The normalized spacial score (nSPS) is 11.9. The van der Waals surface area contributed by atoms with Crippen molar-refractivity contribution in [2.24, 2.45) is 4.99 Å². The molecule has 0 saturated carbocycles. The zero-order valence-electron chi connectivity index (χ0n) is 12.3. The average Bonchev–Trinajstić information content (AvgIpc) is 3.16. The molecule has 2 rings (SSSR count). The standard InChI is InChI=1S/C14H19F2N5S/c1-2-17-14(19-6-5-11-4-3-9-22-11)20-10-12-18-7-8-21(12)13(15)16/h3-4,7-9,13H,2,5-6,10H2,1H3,(H2,17,19,20). The first-order chi connectivity index (χ1) is 10.7. The summed E-state index contributed by atoms with van der Waals surface area (Å²) in [6, 6.07) is 4.10. The molecular weight excluding hydrogens is 308 g/mol.